The van der Waals surface area contributed by atoms with Crippen LogP contribution in [0, 0.1) is 0 Å². The molecule has 1 heterocycles. The van der Waals surface area contributed by atoms with E-state index in [1.807, 2.05) is 36.4 Å². The lowest BCUT2D eigenvalue weighted by molar-refractivity contribution is 0.160. The molecule has 1 amide bonds. The third-order valence-electron chi connectivity index (χ3n) is 5.03. The zero-order valence-electron chi connectivity index (χ0n) is 18.1. The number of nitrogens with one attached hydrogen (secondary N) is 2. The Balaban J connectivity index is 2.01. The molecule has 1 aromatic heterocycles. The van der Waals surface area contributed by atoms with Gasteiger partial charge in [0, 0.05) is 13.1 Å². The van der Waals surface area contributed by atoms with Gasteiger partial charge in [-0.1, -0.05) is 25.5 Å². The standard InChI is InChI=1S/C23H30N4O3/c1-5-8-13-30-23(28)26-19-14-17-18(15-20(19)27(6-2)7-3)25-22(24-17)16-11-9-10-12-21(16)29-4/h9-12,14-15H,5-8,13H2,1-4H3,(H,24,25)(H,26,28). The molecule has 2 N–H and O–H groups in total. The second-order valence-electron chi connectivity index (χ2n) is 6.96. The molecule has 3 rings (SSSR count). The highest BCUT2D eigenvalue weighted by molar-refractivity contribution is 5.96. The van der Waals surface area contributed by atoms with Crippen LogP contribution in [0.4, 0.5) is 16.2 Å². The highest BCUT2D eigenvalue weighted by Crippen LogP contribution is 2.34. The monoisotopic (exact) mass is 410 g/mol. The number of benzene rings is 2. The molecule has 7 nitrogen and oxygen atoms in total. The van der Waals surface area contributed by atoms with Crippen LogP contribution in [0.5, 0.6) is 5.75 Å². The van der Waals surface area contributed by atoms with Crippen LogP contribution in [0.3, 0.4) is 0 Å². The maximum atomic E-state index is 12.3. The van der Waals surface area contributed by atoms with Crippen LogP contribution in [0.1, 0.15) is 33.6 Å². The summed E-state index contributed by atoms with van der Waals surface area (Å²) in [7, 11) is 1.64. The Morgan fingerprint density at radius 2 is 1.93 bits per heavy atom. The van der Waals surface area contributed by atoms with Crippen molar-refractivity contribution in [1.82, 2.24) is 9.97 Å². The zero-order chi connectivity index (χ0) is 21.5. The van der Waals surface area contributed by atoms with Crippen molar-refractivity contribution in [2.45, 2.75) is 33.6 Å². The van der Waals surface area contributed by atoms with Crippen molar-refractivity contribution < 1.29 is 14.3 Å². The number of amides is 1. The van der Waals surface area contributed by atoms with Crippen molar-refractivity contribution >= 4 is 28.5 Å². The molecule has 30 heavy (non-hydrogen) atoms. The van der Waals surface area contributed by atoms with E-state index in [1.165, 1.54) is 0 Å². The van der Waals surface area contributed by atoms with Gasteiger partial charge in [0.25, 0.3) is 0 Å². The minimum absolute atomic E-state index is 0.408. The first-order chi connectivity index (χ1) is 14.6. The number of imidazole rings is 1. The van der Waals surface area contributed by atoms with Crippen molar-refractivity contribution in [1.29, 1.82) is 0 Å². The molecule has 0 aliphatic rings. The number of fused-ring (bicyclic) bond motifs is 1. The second kappa shape index (κ2) is 10.0. The third kappa shape index (κ3) is 4.67. The minimum atomic E-state index is -0.448. The normalized spacial score (nSPS) is 10.8. The van der Waals surface area contributed by atoms with Gasteiger partial charge in [-0.15, -0.1) is 0 Å². The van der Waals surface area contributed by atoms with Crippen LogP contribution in [0.15, 0.2) is 36.4 Å². The minimum Gasteiger partial charge on any atom is -0.496 e. The fraction of sp³-hybridized carbons (Fsp3) is 0.391. The number of hydrogen-bond donors (Lipinski definition) is 2. The largest absolute Gasteiger partial charge is 0.496 e. The predicted molar refractivity (Wildman–Crippen MR) is 122 cm³/mol. The van der Waals surface area contributed by atoms with Gasteiger partial charge in [0.15, 0.2) is 0 Å². The van der Waals surface area contributed by atoms with Crippen LogP contribution in [0.25, 0.3) is 22.4 Å². The summed E-state index contributed by atoms with van der Waals surface area (Å²) in [5.74, 6) is 1.47. The molecular formula is C23H30N4O3. The van der Waals surface area contributed by atoms with Gasteiger partial charge in [-0.05, 0) is 44.5 Å². The highest BCUT2D eigenvalue weighted by atomic mass is 16.5. The lowest BCUT2D eigenvalue weighted by Gasteiger charge is -2.24. The predicted octanol–water partition coefficient (Wildman–Crippen LogP) is 5.43. The van der Waals surface area contributed by atoms with E-state index in [1.54, 1.807) is 7.11 Å². The topological polar surface area (TPSA) is 79.5 Å². The zero-order valence-corrected chi connectivity index (χ0v) is 18.1. The smallest absolute Gasteiger partial charge is 0.411 e. The van der Waals surface area contributed by atoms with Crippen LogP contribution in [0.2, 0.25) is 0 Å². The lowest BCUT2D eigenvalue weighted by Crippen LogP contribution is -2.24. The Bertz CT molecular complexity index is 995. The van der Waals surface area contributed by atoms with Gasteiger partial charge in [0.05, 0.1) is 41.7 Å². The molecule has 0 saturated heterocycles. The van der Waals surface area contributed by atoms with E-state index in [0.29, 0.717) is 12.3 Å². The lowest BCUT2D eigenvalue weighted by atomic mass is 10.2. The molecule has 0 spiro atoms. The molecule has 7 heteroatoms. The number of unbranched alkanes of at least 4 members (excludes halogenated alkanes) is 1. The van der Waals surface area contributed by atoms with Gasteiger partial charge in [-0.2, -0.15) is 0 Å². The first kappa shape index (κ1) is 21.5. The van der Waals surface area contributed by atoms with E-state index in [0.717, 1.165) is 59.8 Å². The van der Waals surface area contributed by atoms with Crippen LogP contribution < -0.4 is 15.0 Å². The van der Waals surface area contributed by atoms with Crippen molar-refractivity contribution in [3.05, 3.63) is 36.4 Å². The van der Waals surface area contributed by atoms with E-state index in [4.69, 9.17) is 14.5 Å². The van der Waals surface area contributed by atoms with E-state index in [-0.39, 0.29) is 0 Å². The molecule has 3 aromatic rings. The van der Waals surface area contributed by atoms with Crippen LogP contribution in [-0.4, -0.2) is 42.9 Å². The Hall–Kier alpha value is -3.22. The van der Waals surface area contributed by atoms with Gasteiger partial charge >= 0.3 is 6.09 Å². The summed E-state index contributed by atoms with van der Waals surface area (Å²) in [5, 5.41) is 2.90. The number of carbonyl (C=O) groups is 1. The molecule has 0 radical (unpaired) electrons. The fourth-order valence-corrected chi connectivity index (χ4v) is 3.39. The summed E-state index contributed by atoms with van der Waals surface area (Å²) in [6.07, 6.45) is 1.37. The van der Waals surface area contributed by atoms with E-state index in [2.05, 4.69) is 36.0 Å². The van der Waals surface area contributed by atoms with Gasteiger partial charge < -0.3 is 19.4 Å². The Morgan fingerprint density at radius 3 is 2.63 bits per heavy atom. The third-order valence-corrected chi connectivity index (χ3v) is 5.03. The molecule has 0 bridgehead atoms. The summed E-state index contributed by atoms with van der Waals surface area (Å²) in [6, 6.07) is 11.7. The first-order valence-electron chi connectivity index (χ1n) is 10.5. The SMILES string of the molecule is CCCCOC(=O)Nc1cc2nc(-c3ccccc3OC)[nH]c2cc1N(CC)CC. The molecule has 0 atom stereocenters. The number of anilines is 2. The molecule has 2 aromatic carbocycles. The van der Waals surface area contributed by atoms with Crippen molar-refractivity contribution in [3.63, 3.8) is 0 Å². The average Bonchev–Trinajstić information content (AvgIpc) is 3.17. The number of carbonyl (C=O) groups excluding carboxylic acids is 1. The number of aromatic amines is 1. The quantitative estimate of drug-likeness (QED) is 0.460. The molecule has 0 aliphatic carbocycles. The van der Waals surface area contributed by atoms with E-state index in [9.17, 15) is 4.79 Å². The van der Waals surface area contributed by atoms with E-state index < -0.39 is 6.09 Å². The number of para-hydroxylation sites is 1. The molecule has 160 valence electrons. The van der Waals surface area contributed by atoms with Crippen LogP contribution in [-0.2, 0) is 4.74 Å². The van der Waals surface area contributed by atoms with Gasteiger partial charge in [-0.3, -0.25) is 5.32 Å². The first-order valence-corrected chi connectivity index (χ1v) is 10.5. The summed E-state index contributed by atoms with van der Waals surface area (Å²) in [6.45, 7) is 8.27. The average molecular weight is 411 g/mol. The molecule has 0 unspecified atom stereocenters. The number of hydrogen-bond acceptors (Lipinski definition) is 5. The number of rotatable bonds is 9. The maximum absolute atomic E-state index is 12.3. The molecule has 0 aliphatic heterocycles. The van der Waals surface area contributed by atoms with Gasteiger partial charge in [-0.25, -0.2) is 9.78 Å². The van der Waals surface area contributed by atoms with Crippen molar-refractivity contribution in [2.75, 3.05) is 37.0 Å². The number of aromatic nitrogens is 2. The summed E-state index contributed by atoms with van der Waals surface area (Å²) in [4.78, 5) is 22.6. The van der Waals surface area contributed by atoms with Gasteiger partial charge in [0.2, 0.25) is 0 Å². The second-order valence-corrected chi connectivity index (χ2v) is 6.96. The number of ether oxygens (including phenoxy) is 2. The maximum Gasteiger partial charge on any atom is 0.411 e. The Kier molecular flexibility index (Phi) is 7.17. The van der Waals surface area contributed by atoms with Crippen molar-refractivity contribution in [3.8, 4) is 17.1 Å². The highest BCUT2D eigenvalue weighted by Gasteiger charge is 2.17. The summed E-state index contributed by atoms with van der Waals surface area (Å²) in [5.41, 5.74) is 4.15. The van der Waals surface area contributed by atoms with Crippen molar-refractivity contribution in [2.24, 2.45) is 0 Å². The molecule has 0 saturated carbocycles. The number of H-pyrrole nitrogens is 1. The van der Waals surface area contributed by atoms with E-state index >= 15 is 0 Å². The molecule has 0 fully saturated rings. The van der Waals surface area contributed by atoms with Gasteiger partial charge in [0.1, 0.15) is 11.6 Å². The fourth-order valence-electron chi connectivity index (χ4n) is 3.39. The Labute approximate surface area is 177 Å². The summed E-state index contributed by atoms with van der Waals surface area (Å²) >= 11 is 0. The number of nitrogens with zero attached hydrogens (tertiary/aromatic N) is 2. The summed E-state index contributed by atoms with van der Waals surface area (Å²) < 4.78 is 10.8. The van der Waals surface area contributed by atoms with Crippen LogP contribution >= 0.6 is 0 Å². The number of methoxy groups -OCH3 is 1. The Morgan fingerprint density at radius 1 is 1.17 bits per heavy atom. The molecular weight excluding hydrogens is 380 g/mol.